The molecule has 9 heteroatoms. The molecule has 1 N–H and O–H groups in total. The molecule has 0 atom stereocenters. The van der Waals surface area contributed by atoms with Gasteiger partial charge in [0.15, 0.2) is 0 Å². The Balaban J connectivity index is 1.44. The Kier molecular flexibility index (Phi) is 4.63. The van der Waals surface area contributed by atoms with Gasteiger partial charge in [0, 0.05) is 29.8 Å². The van der Waals surface area contributed by atoms with Crippen LogP contribution in [0.2, 0.25) is 0 Å². The summed E-state index contributed by atoms with van der Waals surface area (Å²) >= 11 is 0. The highest BCUT2D eigenvalue weighted by Crippen LogP contribution is 2.20. The zero-order valence-electron chi connectivity index (χ0n) is 14.8. The summed E-state index contributed by atoms with van der Waals surface area (Å²) < 4.78 is 20.4. The molecule has 4 rings (SSSR count). The maximum absolute atomic E-state index is 13.6. The van der Waals surface area contributed by atoms with Crippen LogP contribution in [0.4, 0.5) is 10.1 Å². The Labute approximate surface area is 159 Å². The summed E-state index contributed by atoms with van der Waals surface area (Å²) in [4.78, 5) is 24.6. The van der Waals surface area contributed by atoms with Crippen LogP contribution in [0, 0.1) is 12.7 Å². The van der Waals surface area contributed by atoms with Gasteiger partial charge in [0.25, 0.3) is 5.89 Å². The van der Waals surface area contributed by atoms with Crippen LogP contribution in [0.25, 0.3) is 23.0 Å². The minimum atomic E-state index is -0.371. The van der Waals surface area contributed by atoms with Crippen molar-refractivity contribution >= 4 is 11.6 Å². The second-order valence-electron chi connectivity index (χ2n) is 6.10. The molecule has 3 aromatic heterocycles. The normalized spacial score (nSPS) is 10.8. The standard InChI is InChI=1S/C19H15FN6O2/c1-12-2-3-14(8-15(12)20)23-17(27)10-26-9-16(22-11-26)18-24-19(28-25-18)13-4-6-21-7-5-13/h2-9,11H,10H2,1H3,(H,23,27). The number of imidazole rings is 1. The fourth-order valence-corrected chi connectivity index (χ4v) is 2.54. The molecule has 4 aromatic rings. The third-order valence-electron chi connectivity index (χ3n) is 4.00. The van der Waals surface area contributed by atoms with Gasteiger partial charge in [0.1, 0.15) is 18.1 Å². The van der Waals surface area contributed by atoms with Crippen LogP contribution < -0.4 is 5.32 Å². The van der Waals surface area contributed by atoms with Crippen molar-refractivity contribution in [3.8, 4) is 23.0 Å². The van der Waals surface area contributed by atoms with Crippen molar-refractivity contribution in [1.29, 1.82) is 0 Å². The minimum Gasteiger partial charge on any atom is -0.334 e. The van der Waals surface area contributed by atoms with E-state index >= 15 is 0 Å². The minimum absolute atomic E-state index is 0.0115. The van der Waals surface area contributed by atoms with Gasteiger partial charge < -0.3 is 14.4 Å². The fraction of sp³-hybridized carbons (Fsp3) is 0.105. The number of amides is 1. The van der Waals surface area contributed by atoms with E-state index in [0.717, 1.165) is 5.56 Å². The van der Waals surface area contributed by atoms with Crippen molar-refractivity contribution in [3.05, 3.63) is 66.6 Å². The number of aryl methyl sites for hydroxylation is 1. The van der Waals surface area contributed by atoms with E-state index in [1.54, 1.807) is 54.3 Å². The van der Waals surface area contributed by atoms with E-state index in [0.29, 0.717) is 28.7 Å². The molecule has 0 aliphatic rings. The lowest BCUT2D eigenvalue weighted by atomic mass is 10.2. The number of nitrogens with one attached hydrogen (secondary N) is 1. The molecule has 0 radical (unpaired) electrons. The Morgan fingerprint density at radius 3 is 2.86 bits per heavy atom. The van der Waals surface area contributed by atoms with Gasteiger partial charge in [0.05, 0.1) is 6.33 Å². The average molecular weight is 378 g/mol. The first kappa shape index (κ1) is 17.5. The number of anilines is 1. The van der Waals surface area contributed by atoms with Crippen molar-refractivity contribution in [3.63, 3.8) is 0 Å². The van der Waals surface area contributed by atoms with Crippen molar-refractivity contribution in [2.24, 2.45) is 0 Å². The Morgan fingerprint density at radius 1 is 1.25 bits per heavy atom. The predicted molar refractivity (Wildman–Crippen MR) is 98.5 cm³/mol. The number of nitrogens with zero attached hydrogens (tertiary/aromatic N) is 5. The van der Waals surface area contributed by atoms with Gasteiger partial charge in [-0.1, -0.05) is 11.2 Å². The summed E-state index contributed by atoms with van der Waals surface area (Å²) in [6.45, 7) is 1.67. The van der Waals surface area contributed by atoms with Crippen LogP contribution >= 0.6 is 0 Å². The maximum Gasteiger partial charge on any atom is 0.258 e. The van der Waals surface area contributed by atoms with Crippen molar-refractivity contribution in [2.45, 2.75) is 13.5 Å². The number of aromatic nitrogens is 5. The first-order valence-electron chi connectivity index (χ1n) is 8.41. The summed E-state index contributed by atoms with van der Waals surface area (Å²) in [5.41, 5.74) is 2.13. The van der Waals surface area contributed by atoms with E-state index in [2.05, 4.69) is 25.4 Å². The molecule has 0 fully saturated rings. The molecule has 140 valence electrons. The largest absolute Gasteiger partial charge is 0.334 e. The smallest absolute Gasteiger partial charge is 0.258 e. The van der Waals surface area contributed by atoms with Gasteiger partial charge in [-0.05, 0) is 36.8 Å². The Morgan fingerprint density at radius 2 is 2.07 bits per heavy atom. The lowest BCUT2D eigenvalue weighted by molar-refractivity contribution is -0.116. The van der Waals surface area contributed by atoms with E-state index < -0.39 is 0 Å². The SMILES string of the molecule is Cc1ccc(NC(=O)Cn2cnc(-c3noc(-c4ccncc4)n3)c2)cc1F. The molecule has 3 heterocycles. The zero-order chi connectivity index (χ0) is 19.5. The lowest BCUT2D eigenvalue weighted by Crippen LogP contribution is -2.18. The second kappa shape index (κ2) is 7.39. The van der Waals surface area contributed by atoms with Gasteiger partial charge in [0.2, 0.25) is 11.7 Å². The van der Waals surface area contributed by atoms with E-state index in [1.807, 2.05) is 0 Å². The molecular weight excluding hydrogens is 363 g/mol. The van der Waals surface area contributed by atoms with Crippen LogP contribution in [0.15, 0.2) is 59.8 Å². The molecular formula is C19H15FN6O2. The van der Waals surface area contributed by atoms with Crippen molar-refractivity contribution in [1.82, 2.24) is 24.7 Å². The van der Waals surface area contributed by atoms with Gasteiger partial charge in [-0.2, -0.15) is 4.98 Å². The van der Waals surface area contributed by atoms with Crippen LogP contribution in [0.5, 0.6) is 0 Å². The monoisotopic (exact) mass is 378 g/mol. The number of carbonyl (C=O) groups is 1. The maximum atomic E-state index is 13.6. The summed E-state index contributed by atoms with van der Waals surface area (Å²) in [5, 5.41) is 6.57. The molecule has 1 aromatic carbocycles. The van der Waals surface area contributed by atoms with Crippen molar-refractivity contribution < 1.29 is 13.7 Å². The van der Waals surface area contributed by atoms with Crippen LogP contribution in [-0.2, 0) is 11.3 Å². The molecule has 0 aliphatic heterocycles. The number of halogens is 1. The number of benzene rings is 1. The van der Waals surface area contributed by atoms with Crippen molar-refractivity contribution in [2.75, 3.05) is 5.32 Å². The zero-order valence-corrected chi connectivity index (χ0v) is 14.8. The number of pyridine rings is 1. The number of hydrogen-bond acceptors (Lipinski definition) is 6. The first-order valence-corrected chi connectivity index (χ1v) is 8.41. The average Bonchev–Trinajstić information content (AvgIpc) is 3.35. The number of carbonyl (C=O) groups excluding carboxylic acids is 1. The number of rotatable bonds is 5. The van der Waals surface area contributed by atoms with Gasteiger partial charge in [-0.25, -0.2) is 9.37 Å². The van der Waals surface area contributed by atoms with E-state index in [4.69, 9.17) is 4.52 Å². The quantitative estimate of drug-likeness (QED) is 0.573. The molecule has 0 saturated carbocycles. The molecule has 1 amide bonds. The van der Waals surface area contributed by atoms with E-state index in [1.165, 1.54) is 12.4 Å². The summed E-state index contributed by atoms with van der Waals surface area (Å²) in [5.74, 6) is -0.0136. The second-order valence-corrected chi connectivity index (χ2v) is 6.10. The lowest BCUT2D eigenvalue weighted by Gasteiger charge is -2.06. The highest BCUT2D eigenvalue weighted by Gasteiger charge is 2.14. The van der Waals surface area contributed by atoms with Gasteiger partial charge in [-0.3, -0.25) is 9.78 Å². The first-order chi connectivity index (χ1) is 13.6. The van der Waals surface area contributed by atoms with E-state index in [-0.39, 0.29) is 18.3 Å². The Hall–Kier alpha value is -3.88. The van der Waals surface area contributed by atoms with Crippen LogP contribution in [-0.4, -0.2) is 30.6 Å². The molecule has 0 spiro atoms. The van der Waals surface area contributed by atoms with Crippen LogP contribution in [0.3, 0.4) is 0 Å². The van der Waals surface area contributed by atoms with Crippen LogP contribution in [0.1, 0.15) is 5.56 Å². The third kappa shape index (κ3) is 3.78. The molecule has 8 nitrogen and oxygen atoms in total. The predicted octanol–water partition coefficient (Wildman–Crippen LogP) is 3.08. The molecule has 0 bridgehead atoms. The summed E-state index contributed by atoms with van der Waals surface area (Å²) in [6.07, 6.45) is 6.39. The van der Waals surface area contributed by atoms with Gasteiger partial charge >= 0.3 is 0 Å². The topological polar surface area (TPSA) is 98.7 Å². The third-order valence-corrected chi connectivity index (χ3v) is 4.00. The van der Waals surface area contributed by atoms with Gasteiger partial charge in [-0.15, -0.1) is 0 Å². The number of hydrogen-bond donors (Lipinski definition) is 1. The summed E-state index contributed by atoms with van der Waals surface area (Å²) in [7, 11) is 0. The summed E-state index contributed by atoms with van der Waals surface area (Å²) in [6, 6.07) is 8.06. The van der Waals surface area contributed by atoms with E-state index in [9.17, 15) is 9.18 Å². The highest BCUT2D eigenvalue weighted by atomic mass is 19.1. The molecule has 0 saturated heterocycles. The highest BCUT2D eigenvalue weighted by molar-refractivity contribution is 5.90. The fourth-order valence-electron chi connectivity index (χ4n) is 2.54. The molecule has 28 heavy (non-hydrogen) atoms. The Bertz CT molecular complexity index is 1120. The molecule has 0 unspecified atom stereocenters. The molecule has 0 aliphatic carbocycles.